The molecule has 0 unspecified atom stereocenters. The van der Waals surface area contributed by atoms with Gasteiger partial charge >= 0.3 is 5.97 Å². The standard InChI is InChI=1S/C26H28O4/c1-28-23-14-11-19(12-15-23)7-8-20-5-4-6-21(17-20)9-10-22-13-16-24(26(27)30-3)25(18-22)29-2/h4-6,11-18H,7-10H2,1-3H3. The molecule has 0 saturated carbocycles. The second kappa shape index (κ2) is 10.5. The van der Waals surface area contributed by atoms with E-state index in [1.165, 1.54) is 23.8 Å². The predicted molar refractivity (Wildman–Crippen MR) is 119 cm³/mol. The van der Waals surface area contributed by atoms with Crippen molar-refractivity contribution in [1.82, 2.24) is 0 Å². The van der Waals surface area contributed by atoms with E-state index in [-0.39, 0.29) is 5.97 Å². The molecule has 0 aliphatic rings. The van der Waals surface area contributed by atoms with Gasteiger partial charge in [-0.05, 0) is 72.2 Å². The average Bonchev–Trinajstić information content (AvgIpc) is 2.81. The third-order valence-electron chi connectivity index (χ3n) is 5.23. The number of methoxy groups -OCH3 is 3. The Morgan fingerprint density at radius 3 is 1.80 bits per heavy atom. The number of rotatable bonds is 9. The lowest BCUT2D eigenvalue weighted by Gasteiger charge is -2.10. The van der Waals surface area contributed by atoms with E-state index < -0.39 is 0 Å². The first-order valence-electron chi connectivity index (χ1n) is 10.1. The second-order valence-corrected chi connectivity index (χ2v) is 7.19. The van der Waals surface area contributed by atoms with Crippen LogP contribution in [0.5, 0.6) is 11.5 Å². The van der Waals surface area contributed by atoms with Gasteiger partial charge in [-0.2, -0.15) is 0 Å². The number of aryl methyl sites for hydroxylation is 4. The van der Waals surface area contributed by atoms with Crippen LogP contribution in [0.25, 0.3) is 0 Å². The molecule has 0 heterocycles. The van der Waals surface area contributed by atoms with Gasteiger partial charge in [0.25, 0.3) is 0 Å². The van der Waals surface area contributed by atoms with Crippen LogP contribution in [0.4, 0.5) is 0 Å². The smallest absolute Gasteiger partial charge is 0.341 e. The average molecular weight is 405 g/mol. The van der Waals surface area contributed by atoms with Crippen LogP contribution >= 0.6 is 0 Å². The van der Waals surface area contributed by atoms with Crippen molar-refractivity contribution in [3.8, 4) is 11.5 Å². The van der Waals surface area contributed by atoms with Crippen molar-refractivity contribution in [1.29, 1.82) is 0 Å². The van der Waals surface area contributed by atoms with Crippen molar-refractivity contribution in [2.45, 2.75) is 25.7 Å². The van der Waals surface area contributed by atoms with Gasteiger partial charge in [-0.3, -0.25) is 0 Å². The number of carbonyl (C=O) groups is 1. The molecule has 0 aliphatic heterocycles. The lowest BCUT2D eigenvalue weighted by atomic mass is 9.98. The van der Waals surface area contributed by atoms with E-state index in [0.29, 0.717) is 11.3 Å². The molecule has 0 fully saturated rings. The lowest BCUT2D eigenvalue weighted by Crippen LogP contribution is -2.05. The number of carbonyl (C=O) groups excluding carboxylic acids is 1. The third kappa shape index (κ3) is 5.63. The van der Waals surface area contributed by atoms with E-state index in [0.717, 1.165) is 37.0 Å². The van der Waals surface area contributed by atoms with Crippen LogP contribution in [0, 0.1) is 0 Å². The Hall–Kier alpha value is -3.27. The molecule has 4 heteroatoms. The first-order chi connectivity index (χ1) is 14.6. The Morgan fingerprint density at radius 1 is 0.667 bits per heavy atom. The molecule has 4 nitrogen and oxygen atoms in total. The summed E-state index contributed by atoms with van der Waals surface area (Å²) in [6.07, 6.45) is 3.80. The molecule has 0 spiro atoms. The third-order valence-corrected chi connectivity index (χ3v) is 5.23. The van der Waals surface area contributed by atoms with Crippen molar-refractivity contribution in [2.24, 2.45) is 0 Å². The zero-order valence-electron chi connectivity index (χ0n) is 17.8. The normalized spacial score (nSPS) is 10.5. The Balaban J connectivity index is 1.60. The molecule has 0 N–H and O–H groups in total. The van der Waals surface area contributed by atoms with Crippen molar-refractivity contribution in [3.63, 3.8) is 0 Å². The molecule has 30 heavy (non-hydrogen) atoms. The highest BCUT2D eigenvalue weighted by atomic mass is 16.5. The molecule has 156 valence electrons. The summed E-state index contributed by atoms with van der Waals surface area (Å²) >= 11 is 0. The van der Waals surface area contributed by atoms with Crippen LogP contribution in [-0.2, 0) is 30.4 Å². The molecule has 0 saturated heterocycles. The predicted octanol–water partition coefficient (Wildman–Crippen LogP) is 5.06. The molecular formula is C26H28O4. The summed E-state index contributed by atoms with van der Waals surface area (Å²) in [7, 11) is 4.62. The van der Waals surface area contributed by atoms with E-state index in [2.05, 4.69) is 36.4 Å². The maximum Gasteiger partial charge on any atom is 0.341 e. The highest BCUT2D eigenvalue weighted by Gasteiger charge is 2.13. The van der Waals surface area contributed by atoms with Crippen LogP contribution in [-0.4, -0.2) is 27.3 Å². The quantitative estimate of drug-likeness (QED) is 0.468. The van der Waals surface area contributed by atoms with Crippen molar-refractivity contribution < 1.29 is 19.0 Å². The highest BCUT2D eigenvalue weighted by molar-refractivity contribution is 5.92. The number of hydrogen-bond donors (Lipinski definition) is 0. The van der Waals surface area contributed by atoms with Gasteiger partial charge in [0.1, 0.15) is 17.1 Å². The number of ether oxygens (including phenoxy) is 3. The van der Waals surface area contributed by atoms with Crippen LogP contribution in [0.2, 0.25) is 0 Å². The summed E-state index contributed by atoms with van der Waals surface area (Å²) < 4.78 is 15.4. The number of benzene rings is 3. The van der Waals surface area contributed by atoms with Gasteiger partial charge in [0.2, 0.25) is 0 Å². The molecule has 0 aromatic heterocycles. The Morgan fingerprint density at radius 2 is 1.23 bits per heavy atom. The van der Waals surface area contributed by atoms with Gasteiger partial charge < -0.3 is 14.2 Å². The zero-order chi connectivity index (χ0) is 21.3. The van der Waals surface area contributed by atoms with E-state index >= 15 is 0 Å². The summed E-state index contributed by atoms with van der Waals surface area (Å²) in [5, 5.41) is 0. The van der Waals surface area contributed by atoms with Crippen LogP contribution in [0.3, 0.4) is 0 Å². The summed E-state index contributed by atoms with van der Waals surface area (Å²) in [6, 6.07) is 22.6. The highest BCUT2D eigenvalue weighted by Crippen LogP contribution is 2.22. The number of esters is 1. The minimum Gasteiger partial charge on any atom is -0.497 e. The molecule has 3 rings (SSSR count). The second-order valence-electron chi connectivity index (χ2n) is 7.19. The molecule has 0 radical (unpaired) electrons. The topological polar surface area (TPSA) is 44.8 Å². The van der Waals surface area contributed by atoms with Gasteiger partial charge in [-0.1, -0.05) is 42.5 Å². The minimum absolute atomic E-state index is 0.386. The fraction of sp³-hybridized carbons (Fsp3) is 0.269. The molecule has 0 aliphatic carbocycles. The molecule has 3 aromatic carbocycles. The van der Waals surface area contributed by atoms with Crippen molar-refractivity contribution in [2.75, 3.05) is 21.3 Å². The SMILES string of the molecule is COC(=O)c1ccc(CCc2cccc(CCc3ccc(OC)cc3)c2)cc1OC. The largest absolute Gasteiger partial charge is 0.497 e. The van der Waals surface area contributed by atoms with Gasteiger partial charge in [-0.15, -0.1) is 0 Å². The molecular weight excluding hydrogens is 376 g/mol. The monoisotopic (exact) mass is 404 g/mol. The van der Waals surface area contributed by atoms with E-state index in [4.69, 9.17) is 14.2 Å². The van der Waals surface area contributed by atoms with Gasteiger partial charge in [0, 0.05) is 0 Å². The number of hydrogen-bond acceptors (Lipinski definition) is 4. The molecule has 0 atom stereocenters. The van der Waals surface area contributed by atoms with Gasteiger partial charge in [0.05, 0.1) is 21.3 Å². The Kier molecular flexibility index (Phi) is 7.50. The fourth-order valence-electron chi connectivity index (χ4n) is 3.48. The Labute approximate surface area is 178 Å². The minimum atomic E-state index is -0.386. The Bertz CT molecular complexity index is 977. The molecule has 0 amide bonds. The van der Waals surface area contributed by atoms with Crippen LogP contribution < -0.4 is 9.47 Å². The van der Waals surface area contributed by atoms with Crippen molar-refractivity contribution >= 4 is 5.97 Å². The lowest BCUT2D eigenvalue weighted by molar-refractivity contribution is 0.0597. The van der Waals surface area contributed by atoms with Crippen LogP contribution in [0.15, 0.2) is 66.7 Å². The summed E-state index contributed by atoms with van der Waals surface area (Å²) in [5.41, 5.74) is 5.52. The molecule has 3 aromatic rings. The van der Waals surface area contributed by atoms with E-state index in [9.17, 15) is 4.79 Å². The fourth-order valence-corrected chi connectivity index (χ4v) is 3.48. The maximum absolute atomic E-state index is 11.8. The van der Waals surface area contributed by atoms with E-state index in [1.54, 1.807) is 20.3 Å². The first kappa shape index (κ1) is 21.4. The maximum atomic E-state index is 11.8. The summed E-state index contributed by atoms with van der Waals surface area (Å²) in [5.74, 6) is 1.05. The van der Waals surface area contributed by atoms with Gasteiger partial charge in [-0.25, -0.2) is 4.79 Å². The van der Waals surface area contributed by atoms with E-state index in [1.807, 2.05) is 24.3 Å². The van der Waals surface area contributed by atoms with Crippen LogP contribution in [0.1, 0.15) is 32.6 Å². The van der Waals surface area contributed by atoms with Gasteiger partial charge in [0.15, 0.2) is 0 Å². The summed E-state index contributed by atoms with van der Waals surface area (Å²) in [4.78, 5) is 11.8. The first-order valence-corrected chi connectivity index (χ1v) is 10.1. The zero-order valence-corrected chi connectivity index (χ0v) is 17.8. The van der Waals surface area contributed by atoms with Crippen molar-refractivity contribution in [3.05, 3.63) is 94.5 Å². The summed E-state index contributed by atoms with van der Waals surface area (Å²) in [6.45, 7) is 0. The molecule has 0 bridgehead atoms.